The van der Waals surface area contributed by atoms with E-state index in [4.69, 9.17) is 10.3 Å². The molecule has 1 saturated heterocycles. The normalized spacial score (nSPS) is 26.9. The van der Waals surface area contributed by atoms with Crippen LogP contribution in [0.15, 0.2) is 34.9 Å². The molecule has 2 heterocycles. The topological polar surface area (TPSA) is 68.2 Å². The fraction of sp³-hybridized carbons (Fsp3) is 0.529. The first-order chi connectivity index (χ1) is 10.8. The van der Waals surface area contributed by atoms with E-state index in [0.717, 1.165) is 43.7 Å². The van der Waals surface area contributed by atoms with Crippen molar-refractivity contribution >= 4 is 12.4 Å². The van der Waals surface area contributed by atoms with E-state index in [1.807, 2.05) is 18.2 Å². The highest BCUT2D eigenvalue weighted by molar-refractivity contribution is 5.85. The maximum absolute atomic E-state index is 6.19. The van der Waals surface area contributed by atoms with E-state index >= 15 is 0 Å². The maximum Gasteiger partial charge on any atom is 0.240 e. The minimum atomic E-state index is 0. The Morgan fingerprint density at radius 2 is 2.00 bits per heavy atom. The number of aromatic nitrogens is 2. The van der Waals surface area contributed by atoms with Gasteiger partial charge in [-0.15, -0.1) is 12.4 Å². The number of hydrogen-bond donors (Lipinski definition) is 1. The van der Waals surface area contributed by atoms with Crippen molar-refractivity contribution < 1.29 is 4.52 Å². The molecule has 3 atom stereocenters. The van der Waals surface area contributed by atoms with Gasteiger partial charge in [-0.05, 0) is 30.2 Å². The van der Waals surface area contributed by atoms with E-state index in [9.17, 15) is 0 Å². The molecule has 0 spiro atoms. The zero-order valence-electron chi connectivity index (χ0n) is 13.1. The summed E-state index contributed by atoms with van der Waals surface area (Å²) in [5.74, 6) is 2.91. The Balaban J connectivity index is 0.00000156. The molecular formula is C17H23ClN4O. The number of rotatable bonds is 4. The molecule has 2 aromatic rings. The molecule has 2 aliphatic rings. The van der Waals surface area contributed by atoms with E-state index in [2.05, 4.69) is 27.2 Å². The van der Waals surface area contributed by atoms with Crippen molar-refractivity contribution in [1.82, 2.24) is 15.0 Å². The van der Waals surface area contributed by atoms with Crippen molar-refractivity contribution in [2.45, 2.75) is 31.8 Å². The summed E-state index contributed by atoms with van der Waals surface area (Å²) in [6, 6.07) is 10.6. The van der Waals surface area contributed by atoms with Crippen LogP contribution in [0, 0.1) is 11.8 Å². The lowest BCUT2D eigenvalue weighted by atomic mass is 9.98. The average molecular weight is 335 g/mol. The van der Waals surface area contributed by atoms with E-state index in [-0.39, 0.29) is 12.4 Å². The van der Waals surface area contributed by atoms with Crippen molar-refractivity contribution in [3.63, 3.8) is 0 Å². The molecule has 4 rings (SSSR count). The van der Waals surface area contributed by atoms with Gasteiger partial charge in [-0.25, -0.2) is 0 Å². The van der Waals surface area contributed by atoms with Gasteiger partial charge >= 0.3 is 0 Å². The Morgan fingerprint density at radius 1 is 1.17 bits per heavy atom. The highest BCUT2D eigenvalue weighted by atomic mass is 35.5. The fourth-order valence-corrected chi connectivity index (χ4v) is 3.92. The summed E-state index contributed by atoms with van der Waals surface area (Å²) in [7, 11) is 0. The molecular weight excluding hydrogens is 312 g/mol. The second kappa shape index (κ2) is 6.99. The summed E-state index contributed by atoms with van der Waals surface area (Å²) in [4.78, 5) is 6.94. The molecule has 6 heteroatoms. The summed E-state index contributed by atoms with van der Waals surface area (Å²) in [6.07, 6.45) is 3.18. The highest BCUT2D eigenvalue weighted by Gasteiger charge is 2.41. The molecule has 5 nitrogen and oxygen atoms in total. The van der Waals surface area contributed by atoms with Crippen LogP contribution in [0.4, 0.5) is 0 Å². The lowest BCUT2D eigenvalue weighted by molar-refractivity contribution is 0.249. The molecule has 1 aliphatic carbocycles. The zero-order valence-corrected chi connectivity index (χ0v) is 13.9. The van der Waals surface area contributed by atoms with Crippen LogP contribution in [-0.2, 0) is 13.0 Å². The Hall–Kier alpha value is -1.43. The van der Waals surface area contributed by atoms with Crippen LogP contribution in [0.3, 0.4) is 0 Å². The third-order valence-corrected chi connectivity index (χ3v) is 5.06. The first-order valence-corrected chi connectivity index (χ1v) is 8.11. The van der Waals surface area contributed by atoms with Gasteiger partial charge in [0.2, 0.25) is 5.89 Å². The molecule has 0 radical (unpaired) electrons. The maximum atomic E-state index is 6.19. The SMILES string of the molecule is Cl.NC1CCC2CN(Cc3nc(Cc4ccccc4)no3)CC12. The third-order valence-electron chi connectivity index (χ3n) is 5.06. The average Bonchev–Trinajstić information content (AvgIpc) is 3.20. The summed E-state index contributed by atoms with van der Waals surface area (Å²) < 4.78 is 5.41. The van der Waals surface area contributed by atoms with Gasteiger partial charge in [-0.3, -0.25) is 4.90 Å². The number of likely N-dealkylation sites (tertiary alicyclic amines) is 1. The van der Waals surface area contributed by atoms with Gasteiger partial charge in [-0.2, -0.15) is 4.98 Å². The van der Waals surface area contributed by atoms with Gasteiger partial charge < -0.3 is 10.3 Å². The molecule has 1 aromatic heterocycles. The molecule has 2 N–H and O–H groups in total. The molecule has 23 heavy (non-hydrogen) atoms. The molecule has 124 valence electrons. The number of halogens is 1. The minimum absolute atomic E-state index is 0. The van der Waals surface area contributed by atoms with Crippen molar-refractivity contribution in [3.05, 3.63) is 47.6 Å². The smallest absolute Gasteiger partial charge is 0.240 e. The van der Waals surface area contributed by atoms with Crippen molar-refractivity contribution in [1.29, 1.82) is 0 Å². The summed E-state index contributed by atoms with van der Waals surface area (Å²) >= 11 is 0. The molecule has 2 fully saturated rings. The minimum Gasteiger partial charge on any atom is -0.338 e. The molecule has 1 aliphatic heterocycles. The van der Waals surface area contributed by atoms with Crippen LogP contribution in [0.5, 0.6) is 0 Å². The van der Waals surface area contributed by atoms with Crippen molar-refractivity contribution in [2.24, 2.45) is 17.6 Å². The van der Waals surface area contributed by atoms with Crippen LogP contribution in [0.25, 0.3) is 0 Å². The molecule has 3 unspecified atom stereocenters. The molecule has 0 amide bonds. The largest absolute Gasteiger partial charge is 0.338 e. The lowest BCUT2D eigenvalue weighted by Crippen LogP contribution is -2.30. The van der Waals surface area contributed by atoms with Gasteiger partial charge in [0.15, 0.2) is 5.82 Å². The Kier molecular flexibility index (Phi) is 4.99. The van der Waals surface area contributed by atoms with E-state index in [1.54, 1.807) is 0 Å². The Morgan fingerprint density at radius 3 is 2.78 bits per heavy atom. The monoisotopic (exact) mass is 334 g/mol. The van der Waals surface area contributed by atoms with Crippen LogP contribution in [0.1, 0.15) is 30.1 Å². The second-order valence-corrected chi connectivity index (χ2v) is 6.63. The zero-order chi connectivity index (χ0) is 14.9. The van der Waals surface area contributed by atoms with E-state index in [1.165, 1.54) is 18.4 Å². The van der Waals surface area contributed by atoms with E-state index in [0.29, 0.717) is 12.0 Å². The lowest BCUT2D eigenvalue weighted by Gasteiger charge is -2.15. The Bertz CT molecular complexity index is 633. The van der Waals surface area contributed by atoms with Gasteiger partial charge in [0.1, 0.15) is 0 Å². The number of nitrogens with zero attached hydrogens (tertiary/aromatic N) is 3. The van der Waals surface area contributed by atoms with Crippen LogP contribution in [0.2, 0.25) is 0 Å². The molecule has 0 bridgehead atoms. The van der Waals surface area contributed by atoms with Crippen molar-refractivity contribution in [3.8, 4) is 0 Å². The van der Waals surface area contributed by atoms with Crippen LogP contribution in [-0.4, -0.2) is 34.2 Å². The number of fused-ring (bicyclic) bond motifs is 1. The first-order valence-electron chi connectivity index (χ1n) is 8.11. The number of hydrogen-bond acceptors (Lipinski definition) is 5. The number of nitrogens with two attached hydrogens (primary N) is 1. The standard InChI is InChI=1S/C17H22N4O.ClH/c18-15-7-6-13-9-21(10-14(13)15)11-17-19-16(20-22-17)8-12-4-2-1-3-5-12;/h1-5,13-15H,6-11,18H2;1H. The third kappa shape index (κ3) is 3.57. The van der Waals surface area contributed by atoms with Gasteiger partial charge in [-0.1, -0.05) is 35.5 Å². The van der Waals surface area contributed by atoms with Crippen LogP contribution >= 0.6 is 12.4 Å². The van der Waals surface area contributed by atoms with Gasteiger partial charge in [0, 0.05) is 25.6 Å². The quantitative estimate of drug-likeness (QED) is 0.928. The second-order valence-electron chi connectivity index (χ2n) is 6.63. The van der Waals surface area contributed by atoms with Crippen molar-refractivity contribution in [2.75, 3.05) is 13.1 Å². The summed E-state index contributed by atoms with van der Waals surface area (Å²) in [6.45, 7) is 2.94. The Labute approximate surface area is 142 Å². The van der Waals surface area contributed by atoms with Gasteiger partial charge in [0.25, 0.3) is 0 Å². The summed E-state index contributed by atoms with van der Waals surface area (Å²) in [5.41, 5.74) is 7.39. The highest BCUT2D eigenvalue weighted by Crippen LogP contribution is 2.37. The first kappa shape index (κ1) is 16.4. The molecule has 1 aromatic carbocycles. The van der Waals surface area contributed by atoms with E-state index < -0.39 is 0 Å². The van der Waals surface area contributed by atoms with Gasteiger partial charge in [0.05, 0.1) is 6.54 Å². The fourth-order valence-electron chi connectivity index (χ4n) is 3.92. The summed E-state index contributed by atoms with van der Waals surface area (Å²) in [5, 5.41) is 4.10. The molecule has 1 saturated carbocycles. The van der Waals surface area contributed by atoms with Crippen LogP contribution < -0.4 is 5.73 Å². The number of benzene rings is 1. The predicted octanol–water partition coefficient (Wildman–Crippen LogP) is 2.25. The predicted molar refractivity (Wildman–Crippen MR) is 90.3 cm³/mol.